The molecule has 0 bridgehead atoms. The first-order valence-electron chi connectivity index (χ1n) is 9.95. The maximum atomic E-state index is 10.6. The highest BCUT2D eigenvalue weighted by molar-refractivity contribution is 5.66. The predicted molar refractivity (Wildman–Crippen MR) is 99.2 cm³/mol. The zero-order valence-corrected chi connectivity index (χ0v) is 15.4. The number of aliphatic hydroxyl groups excluding tert-OH is 2. The molecular formula is C21H34O4. The Kier molecular flexibility index (Phi) is 8.17. The lowest BCUT2D eigenvalue weighted by Crippen LogP contribution is -2.17. The van der Waals surface area contributed by atoms with Crippen molar-refractivity contribution in [3.63, 3.8) is 0 Å². The smallest absolute Gasteiger partial charge is 0.303 e. The van der Waals surface area contributed by atoms with Gasteiger partial charge in [-0.15, -0.1) is 0 Å². The first-order valence-corrected chi connectivity index (χ1v) is 9.95. The molecule has 0 aromatic carbocycles. The predicted octanol–water partition coefficient (Wildman–Crippen LogP) is 4.07. The number of allylic oxidation sites excluding steroid dienone is 2. The summed E-state index contributed by atoms with van der Waals surface area (Å²) in [5.74, 6) is 0.427. The molecule has 2 rings (SSSR count). The number of hydrogen-bond acceptors (Lipinski definition) is 3. The van der Waals surface area contributed by atoms with Crippen LogP contribution in [0.25, 0.3) is 0 Å². The molecule has 2 saturated carbocycles. The largest absolute Gasteiger partial charge is 0.481 e. The second-order valence-electron chi connectivity index (χ2n) is 7.81. The van der Waals surface area contributed by atoms with Gasteiger partial charge in [0.15, 0.2) is 0 Å². The van der Waals surface area contributed by atoms with Crippen LogP contribution in [0.5, 0.6) is 0 Å². The van der Waals surface area contributed by atoms with Crippen LogP contribution < -0.4 is 0 Å². The number of carboxylic acid groups (broad SMARTS) is 1. The third-order valence-electron chi connectivity index (χ3n) is 5.80. The van der Waals surface area contributed by atoms with E-state index in [1.807, 2.05) is 6.08 Å². The van der Waals surface area contributed by atoms with E-state index >= 15 is 0 Å². The minimum absolute atomic E-state index is 0.149. The van der Waals surface area contributed by atoms with Crippen molar-refractivity contribution in [2.75, 3.05) is 0 Å². The summed E-state index contributed by atoms with van der Waals surface area (Å²) in [5, 5.41) is 29.1. The van der Waals surface area contributed by atoms with Gasteiger partial charge in [0.1, 0.15) is 0 Å². The Balaban J connectivity index is 1.83. The summed E-state index contributed by atoms with van der Waals surface area (Å²) in [4.78, 5) is 10.6. The van der Waals surface area contributed by atoms with Crippen LogP contribution in [0.4, 0.5) is 0 Å². The second-order valence-corrected chi connectivity index (χ2v) is 7.81. The SMILES string of the molecule is CCCCCC(O)/C=C/C1C(O)CC2C/C(=C/CCCC(=O)O)CC21. The molecule has 2 aliphatic carbocycles. The van der Waals surface area contributed by atoms with Crippen molar-refractivity contribution in [2.24, 2.45) is 17.8 Å². The van der Waals surface area contributed by atoms with Gasteiger partial charge in [0.25, 0.3) is 0 Å². The minimum atomic E-state index is -0.729. The molecule has 142 valence electrons. The summed E-state index contributed by atoms with van der Waals surface area (Å²) in [6, 6.07) is 0. The van der Waals surface area contributed by atoms with Crippen LogP contribution >= 0.6 is 0 Å². The zero-order chi connectivity index (χ0) is 18.2. The lowest BCUT2D eigenvalue weighted by Gasteiger charge is -2.17. The molecule has 2 fully saturated rings. The first-order chi connectivity index (χ1) is 12.0. The summed E-state index contributed by atoms with van der Waals surface area (Å²) in [7, 11) is 0. The maximum absolute atomic E-state index is 10.6. The fourth-order valence-electron chi connectivity index (χ4n) is 4.46. The average Bonchev–Trinajstić information content (AvgIpc) is 3.06. The van der Waals surface area contributed by atoms with E-state index in [0.29, 0.717) is 18.3 Å². The Bertz CT molecular complexity index is 482. The van der Waals surface area contributed by atoms with Crippen LogP contribution in [0, 0.1) is 17.8 Å². The fourth-order valence-corrected chi connectivity index (χ4v) is 4.46. The maximum Gasteiger partial charge on any atom is 0.303 e. The molecule has 0 saturated heterocycles. The molecule has 4 heteroatoms. The summed E-state index contributed by atoms with van der Waals surface area (Å²) < 4.78 is 0. The highest BCUT2D eigenvalue weighted by Crippen LogP contribution is 2.50. The molecule has 25 heavy (non-hydrogen) atoms. The van der Waals surface area contributed by atoms with Gasteiger partial charge in [0.05, 0.1) is 12.2 Å². The normalized spacial score (nSPS) is 31.7. The van der Waals surface area contributed by atoms with Crippen molar-refractivity contribution in [1.29, 1.82) is 0 Å². The molecule has 0 aromatic rings. The van der Waals surface area contributed by atoms with Crippen molar-refractivity contribution in [1.82, 2.24) is 0 Å². The van der Waals surface area contributed by atoms with Gasteiger partial charge in [0, 0.05) is 12.3 Å². The molecular weight excluding hydrogens is 316 g/mol. The molecule has 0 aromatic heterocycles. The van der Waals surface area contributed by atoms with Crippen molar-refractivity contribution in [3.8, 4) is 0 Å². The molecule has 5 atom stereocenters. The van der Waals surface area contributed by atoms with Crippen LogP contribution in [0.15, 0.2) is 23.8 Å². The van der Waals surface area contributed by atoms with Crippen molar-refractivity contribution in [3.05, 3.63) is 23.8 Å². The minimum Gasteiger partial charge on any atom is -0.481 e. The van der Waals surface area contributed by atoms with Gasteiger partial charge in [0.2, 0.25) is 0 Å². The highest BCUT2D eigenvalue weighted by Gasteiger charge is 2.44. The summed E-state index contributed by atoms with van der Waals surface area (Å²) in [6.45, 7) is 2.16. The van der Waals surface area contributed by atoms with Gasteiger partial charge in [-0.1, -0.05) is 50.0 Å². The topological polar surface area (TPSA) is 77.8 Å². The van der Waals surface area contributed by atoms with Crippen LogP contribution in [0.3, 0.4) is 0 Å². The van der Waals surface area contributed by atoms with E-state index in [9.17, 15) is 15.0 Å². The Morgan fingerprint density at radius 1 is 1.28 bits per heavy atom. The third kappa shape index (κ3) is 6.27. The first kappa shape index (κ1) is 20.2. The number of unbranched alkanes of at least 4 members (excludes halogenated alkanes) is 3. The molecule has 0 amide bonds. The summed E-state index contributed by atoms with van der Waals surface area (Å²) in [6.07, 6.45) is 14.3. The Morgan fingerprint density at radius 3 is 2.80 bits per heavy atom. The molecule has 5 unspecified atom stereocenters. The van der Waals surface area contributed by atoms with E-state index in [4.69, 9.17) is 5.11 Å². The van der Waals surface area contributed by atoms with Crippen molar-refractivity contribution < 1.29 is 20.1 Å². The third-order valence-corrected chi connectivity index (χ3v) is 5.80. The quantitative estimate of drug-likeness (QED) is 0.410. The lowest BCUT2D eigenvalue weighted by molar-refractivity contribution is -0.137. The van der Waals surface area contributed by atoms with Crippen LogP contribution in [0.2, 0.25) is 0 Å². The van der Waals surface area contributed by atoms with E-state index in [1.54, 1.807) is 0 Å². The van der Waals surface area contributed by atoms with Crippen LogP contribution in [-0.4, -0.2) is 33.5 Å². The lowest BCUT2D eigenvalue weighted by atomic mass is 9.90. The number of aliphatic hydroxyl groups is 2. The number of carboxylic acids is 1. The standard InChI is InChI=1S/C21H34O4/c1-2-3-4-8-17(22)10-11-18-19-13-15(7-5-6-9-21(24)25)12-16(19)14-20(18)23/h7,10-11,16-20,22-23H,2-6,8-9,12-14H2,1H3,(H,24,25)/b11-10+,15-7-. The number of fused-ring (bicyclic) bond motifs is 1. The fraction of sp³-hybridized carbons (Fsp3) is 0.762. The van der Waals surface area contributed by atoms with Gasteiger partial charge in [-0.2, -0.15) is 0 Å². The summed E-state index contributed by atoms with van der Waals surface area (Å²) in [5.41, 5.74) is 1.43. The second kappa shape index (κ2) is 10.1. The molecule has 0 heterocycles. The zero-order valence-electron chi connectivity index (χ0n) is 15.4. The Labute approximate surface area is 151 Å². The molecule has 3 N–H and O–H groups in total. The van der Waals surface area contributed by atoms with E-state index < -0.39 is 12.1 Å². The number of rotatable bonds is 10. The molecule has 2 aliphatic rings. The summed E-state index contributed by atoms with van der Waals surface area (Å²) >= 11 is 0. The molecule has 0 aliphatic heterocycles. The Hall–Kier alpha value is -1.13. The van der Waals surface area contributed by atoms with E-state index in [0.717, 1.165) is 51.4 Å². The van der Waals surface area contributed by atoms with Gasteiger partial charge in [-0.25, -0.2) is 0 Å². The number of carbonyl (C=O) groups is 1. The van der Waals surface area contributed by atoms with Gasteiger partial charge in [-0.3, -0.25) is 4.79 Å². The Morgan fingerprint density at radius 2 is 2.08 bits per heavy atom. The number of aliphatic carboxylic acids is 1. The van der Waals surface area contributed by atoms with Crippen LogP contribution in [0.1, 0.15) is 71.1 Å². The molecule has 0 spiro atoms. The van der Waals surface area contributed by atoms with E-state index in [-0.39, 0.29) is 18.4 Å². The molecule has 0 radical (unpaired) electrons. The van der Waals surface area contributed by atoms with Crippen LogP contribution in [-0.2, 0) is 4.79 Å². The molecule has 4 nitrogen and oxygen atoms in total. The van der Waals surface area contributed by atoms with E-state index in [2.05, 4.69) is 19.1 Å². The van der Waals surface area contributed by atoms with Crippen molar-refractivity contribution >= 4 is 5.97 Å². The van der Waals surface area contributed by atoms with Crippen molar-refractivity contribution in [2.45, 2.75) is 83.3 Å². The monoisotopic (exact) mass is 350 g/mol. The highest BCUT2D eigenvalue weighted by atomic mass is 16.4. The van der Waals surface area contributed by atoms with Gasteiger partial charge < -0.3 is 15.3 Å². The number of hydrogen-bond donors (Lipinski definition) is 3. The van der Waals surface area contributed by atoms with E-state index in [1.165, 1.54) is 5.57 Å². The van der Waals surface area contributed by atoms with Gasteiger partial charge >= 0.3 is 5.97 Å². The average molecular weight is 350 g/mol. The van der Waals surface area contributed by atoms with Gasteiger partial charge in [-0.05, 0) is 50.4 Å².